The van der Waals surface area contributed by atoms with Crippen LogP contribution in [0.5, 0.6) is 0 Å². The van der Waals surface area contributed by atoms with E-state index in [4.69, 9.17) is 19.4 Å². The van der Waals surface area contributed by atoms with Crippen LogP contribution in [-0.2, 0) is 38.0 Å². The number of aromatic nitrogens is 7. The van der Waals surface area contributed by atoms with Gasteiger partial charge in [-0.25, -0.2) is 4.57 Å². The Morgan fingerprint density at radius 1 is 0.795 bits per heavy atom. The van der Waals surface area contributed by atoms with E-state index in [0.717, 1.165) is 11.1 Å². The SMILES string of the molecule is CC.CP(C)(=O)OCc1cccnc1.O=P(O)(O)OCc1cccnc1.OCc1cccnc1.c1nn[nH]n1. The van der Waals surface area contributed by atoms with E-state index >= 15 is 0 Å². The van der Waals surface area contributed by atoms with Crippen LogP contribution in [0.1, 0.15) is 30.5 Å². The maximum absolute atomic E-state index is 11.1. The van der Waals surface area contributed by atoms with E-state index < -0.39 is 15.2 Å². The lowest BCUT2D eigenvalue weighted by molar-refractivity contribution is 0.189. The van der Waals surface area contributed by atoms with Crippen LogP contribution in [-0.4, -0.2) is 63.8 Å². The summed E-state index contributed by atoms with van der Waals surface area (Å²) in [5, 5.41) is 20.7. The number of rotatable bonds is 7. The van der Waals surface area contributed by atoms with Gasteiger partial charge in [0.1, 0.15) is 0 Å². The molecule has 0 aliphatic carbocycles. The van der Waals surface area contributed by atoms with Gasteiger partial charge < -0.3 is 19.4 Å². The number of hydrogen-bond donors (Lipinski definition) is 4. The van der Waals surface area contributed by atoms with Gasteiger partial charge in [0.25, 0.3) is 0 Å². The molecule has 0 unspecified atom stereocenters. The van der Waals surface area contributed by atoms with Crippen molar-refractivity contribution in [1.29, 1.82) is 0 Å². The first-order valence-electron chi connectivity index (χ1n) is 11.4. The van der Waals surface area contributed by atoms with Gasteiger partial charge in [0.2, 0.25) is 0 Å². The number of nitrogens with one attached hydrogen (secondary N) is 1. The zero-order valence-corrected chi connectivity index (χ0v) is 24.0. The van der Waals surface area contributed by atoms with E-state index in [1.54, 1.807) is 62.5 Å². The first kappa shape index (κ1) is 35.8. The number of aliphatic hydroxyl groups is 1. The molecule has 39 heavy (non-hydrogen) atoms. The number of phosphoric ester groups is 1. The molecule has 0 saturated carbocycles. The lowest BCUT2D eigenvalue weighted by atomic mass is 10.3. The number of hydrogen-bond acceptors (Lipinski definition) is 11. The molecule has 4 rings (SSSR count). The van der Waals surface area contributed by atoms with Crippen molar-refractivity contribution in [2.24, 2.45) is 0 Å². The molecule has 0 bridgehead atoms. The summed E-state index contributed by atoms with van der Waals surface area (Å²) in [6.45, 7) is 7.52. The van der Waals surface area contributed by atoms with E-state index in [-0.39, 0.29) is 13.2 Å². The number of tetrazole rings is 1. The van der Waals surface area contributed by atoms with Gasteiger partial charge in [-0.2, -0.15) is 5.21 Å². The summed E-state index contributed by atoms with van der Waals surface area (Å²) >= 11 is 0. The molecule has 0 saturated heterocycles. The van der Waals surface area contributed by atoms with Gasteiger partial charge in [0.15, 0.2) is 13.7 Å². The summed E-state index contributed by atoms with van der Waals surface area (Å²) < 4.78 is 30.8. The Bertz CT molecular complexity index is 1090. The largest absolute Gasteiger partial charge is 0.469 e. The molecule has 16 heteroatoms. The molecular formula is C23H35N7O7P2. The molecule has 4 heterocycles. The molecule has 0 spiro atoms. The van der Waals surface area contributed by atoms with Crippen LogP contribution in [0, 0.1) is 0 Å². The van der Waals surface area contributed by atoms with E-state index in [1.165, 1.54) is 12.5 Å². The first-order chi connectivity index (χ1) is 18.6. The van der Waals surface area contributed by atoms with E-state index in [0.29, 0.717) is 12.2 Å². The summed E-state index contributed by atoms with van der Waals surface area (Å²) in [5.74, 6) is 0. The second-order valence-electron chi connectivity index (χ2n) is 7.09. The average Bonchev–Trinajstić information content (AvgIpc) is 3.54. The van der Waals surface area contributed by atoms with Gasteiger partial charge in [-0.15, -0.1) is 10.2 Å². The summed E-state index contributed by atoms with van der Waals surface area (Å²) in [7, 11) is -6.72. The highest BCUT2D eigenvalue weighted by molar-refractivity contribution is 7.57. The van der Waals surface area contributed by atoms with Gasteiger partial charge in [-0.05, 0) is 34.9 Å². The van der Waals surface area contributed by atoms with Gasteiger partial charge in [-0.1, -0.05) is 37.3 Å². The minimum atomic E-state index is -4.36. The average molecular weight is 584 g/mol. The minimum absolute atomic E-state index is 0.0772. The predicted octanol–water partition coefficient (Wildman–Crippen LogP) is 3.63. The summed E-state index contributed by atoms with van der Waals surface area (Å²) in [4.78, 5) is 28.2. The molecule has 0 fully saturated rings. The molecule has 4 aromatic heterocycles. The van der Waals surface area contributed by atoms with E-state index in [1.807, 2.05) is 32.0 Å². The van der Waals surface area contributed by atoms with Crippen LogP contribution in [0.25, 0.3) is 0 Å². The fourth-order valence-electron chi connectivity index (χ4n) is 1.98. The standard InChI is InChI=1S/C8H12NO2P.C6H8NO4P.C6H7NO.C2H6.CH2N4/c1-12(2,10)11-7-8-4-3-5-9-6-8;8-12(9,10)11-5-6-2-1-3-7-4-6;8-5-6-2-1-3-7-4-6;1-2;1-2-4-5-3-1/h3-6H,7H2,1-2H3;1-4H,5H2,(H2,8,9,10);1-4,8H,5H2;1-2H3;1H,(H,2,3,4,5). The Kier molecular flexibility index (Phi) is 19.9. The maximum atomic E-state index is 11.1. The van der Waals surface area contributed by atoms with Crippen LogP contribution in [0.4, 0.5) is 0 Å². The third-order valence-corrected chi connectivity index (χ3v) is 4.78. The topological polar surface area (TPSA) is 206 Å². The van der Waals surface area contributed by atoms with Crippen LogP contribution >= 0.6 is 15.2 Å². The Hall–Kier alpha value is -3.22. The fourth-order valence-corrected chi connectivity index (χ4v) is 2.75. The van der Waals surface area contributed by atoms with Crippen molar-refractivity contribution in [2.75, 3.05) is 13.3 Å². The third-order valence-electron chi connectivity index (χ3n) is 3.56. The lowest BCUT2D eigenvalue weighted by Gasteiger charge is -2.07. The van der Waals surface area contributed by atoms with Crippen LogP contribution in [0.2, 0.25) is 0 Å². The Balaban J connectivity index is 0.000000502. The third kappa shape index (κ3) is 23.6. The van der Waals surface area contributed by atoms with Crippen LogP contribution < -0.4 is 0 Å². The zero-order valence-electron chi connectivity index (χ0n) is 22.2. The molecule has 0 atom stereocenters. The van der Waals surface area contributed by atoms with Crippen molar-refractivity contribution < 1.29 is 33.1 Å². The second kappa shape index (κ2) is 21.7. The van der Waals surface area contributed by atoms with Gasteiger partial charge in [-0.3, -0.25) is 24.0 Å². The van der Waals surface area contributed by atoms with E-state index in [9.17, 15) is 9.13 Å². The molecule has 0 aromatic carbocycles. The van der Waals surface area contributed by atoms with Gasteiger partial charge >= 0.3 is 7.82 Å². The van der Waals surface area contributed by atoms with E-state index in [2.05, 4.69) is 40.1 Å². The normalized spacial score (nSPS) is 10.1. The van der Waals surface area contributed by atoms with Gasteiger partial charge in [0.05, 0.1) is 19.8 Å². The number of aliphatic hydroxyl groups excluding tert-OH is 1. The molecule has 14 nitrogen and oxygen atoms in total. The summed E-state index contributed by atoms with van der Waals surface area (Å²) in [5.41, 5.74) is 2.43. The molecule has 4 N–H and O–H groups in total. The quantitative estimate of drug-likeness (QED) is 0.230. The van der Waals surface area contributed by atoms with Crippen molar-refractivity contribution in [2.45, 2.75) is 33.7 Å². The minimum Gasteiger partial charge on any atom is -0.392 e. The monoisotopic (exact) mass is 583 g/mol. The second-order valence-corrected chi connectivity index (χ2v) is 11.1. The predicted molar refractivity (Wildman–Crippen MR) is 145 cm³/mol. The first-order valence-corrected chi connectivity index (χ1v) is 15.5. The lowest BCUT2D eigenvalue weighted by Crippen LogP contribution is -1.90. The molecule has 4 aromatic rings. The highest BCUT2D eigenvalue weighted by Crippen LogP contribution is 2.38. The Morgan fingerprint density at radius 2 is 1.26 bits per heavy atom. The summed E-state index contributed by atoms with van der Waals surface area (Å²) in [6, 6.07) is 10.7. The smallest absolute Gasteiger partial charge is 0.392 e. The molecule has 214 valence electrons. The summed E-state index contributed by atoms with van der Waals surface area (Å²) in [6.07, 6.45) is 11.1. The molecule has 0 aliphatic heterocycles. The molecule has 0 radical (unpaired) electrons. The van der Waals surface area contributed by atoms with Gasteiger partial charge in [0, 0.05) is 50.5 Å². The number of H-pyrrole nitrogens is 1. The number of phosphoric acid groups is 1. The van der Waals surface area contributed by atoms with Crippen LogP contribution in [0.15, 0.2) is 79.9 Å². The van der Waals surface area contributed by atoms with Crippen molar-refractivity contribution in [3.8, 4) is 0 Å². The fraction of sp³-hybridized carbons (Fsp3) is 0.304. The van der Waals surface area contributed by atoms with Crippen molar-refractivity contribution >= 4 is 15.2 Å². The molecular weight excluding hydrogens is 548 g/mol. The van der Waals surface area contributed by atoms with Crippen molar-refractivity contribution in [3.05, 3.63) is 96.6 Å². The molecule has 0 amide bonds. The molecule has 0 aliphatic rings. The number of nitrogens with zero attached hydrogens (tertiary/aromatic N) is 6. The van der Waals surface area contributed by atoms with Crippen molar-refractivity contribution in [3.63, 3.8) is 0 Å². The highest BCUT2D eigenvalue weighted by atomic mass is 31.2. The van der Waals surface area contributed by atoms with Crippen molar-refractivity contribution in [1.82, 2.24) is 35.6 Å². The maximum Gasteiger partial charge on any atom is 0.469 e. The number of aromatic amines is 1. The zero-order chi connectivity index (χ0) is 29.4. The Morgan fingerprint density at radius 3 is 1.51 bits per heavy atom. The van der Waals surface area contributed by atoms with Crippen LogP contribution in [0.3, 0.4) is 0 Å². The highest BCUT2D eigenvalue weighted by Gasteiger charge is 2.13. The Labute approximate surface area is 227 Å². The number of pyridine rings is 3.